The van der Waals surface area contributed by atoms with Crippen molar-refractivity contribution >= 4 is 6.09 Å². The van der Waals surface area contributed by atoms with Crippen molar-refractivity contribution in [2.24, 2.45) is 0 Å². The highest BCUT2D eigenvalue weighted by molar-refractivity contribution is 5.69. The van der Waals surface area contributed by atoms with Crippen LogP contribution in [0.3, 0.4) is 0 Å². The van der Waals surface area contributed by atoms with Crippen LogP contribution in [0.2, 0.25) is 0 Å². The summed E-state index contributed by atoms with van der Waals surface area (Å²) in [4.78, 5) is 14.1. The van der Waals surface area contributed by atoms with Crippen LogP contribution in [0.5, 0.6) is 5.75 Å². The molecule has 1 heterocycles. The third-order valence-electron chi connectivity index (χ3n) is 4.62. The molecule has 0 N–H and O–H groups in total. The number of carbonyl (C=O) groups is 1. The molecule has 2 aromatic rings. The van der Waals surface area contributed by atoms with Crippen molar-refractivity contribution in [1.29, 1.82) is 0 Å². The summed E-state index contributed by atoms with van der Waals surface area (Å²) >= 11 is 0. The van der Waals surface area contributed by atoms with Gasteiger partial charge >= 0.3 is 6.09 Å². The predicted octanol–water partition coefficient (Wildman–Crippen LogP) is 5.06. The summed E-state index contributed by atoms with van der Waals surface area (Å²) in [7, 11) is 0. The van der Waals surface area contributed by atoms with Crippen LogP contribution < -0.4 is 4.74 Å². The fourth-order valence-electron chi connectivity index (χ4n) is 3.30. The SMILES string of the molecule is CC(C)(C)OC(=O)N1CCCC1COc1ccc(Cc2ccccc2)cc1. The molecule has 4 nitrogen and oxygen atoms in total. The molecule has 0 aromatic heterocycles. The van der Waals surface area contributed by atoms with Crippen LogP contribution in [0, 0.1) is 0 Å². The van der Waals surface area contributed by atoms with Crippen LogP contribution in [0.1, 0.15) is 44.7 Å². The molecule has 4 heteroatoms. The number of rotatable bonds is 5. The summed E-state index contributed by atoms with van der Waals surface area (Å²) in [6.07, 6.45) is 2.61. The van der Waals surface area contributed by atoms with E-state index < -0.39 is 5.60 Å². The summed E-state index contributed by atoms with van der Waals surface area (Å²) in [6.45, 7) is 6.91. The molecule has 1 atom stereocenters. The van der Waals surface area contributed by atoms with Gasteiger partial charge in [0.2, 0.25) is 0 Å². The number of amides is 1. The van der Waals surface area contributed by atoms with Crippen molar-refractivity contribution in [3.63, 3.8) is 0 Å². The average molecular weight is 367 g/mol. The maximum absolute atomic E-state index is 12.3. The van der Waals surface area contributed by atoms with Gasteiger partial charge in [0.05, 0.1) is 6.04 Å². The van der Waals surface area contributed by atoms with E-state index in [1.54, 1.807) is 4.90 Å². The number of benzene rings is 2. The quantitative estimate of drug-likeness (QED) is 0.742. The van der Waals surface area contributed by atoms with E-state index in [9.17, 15) is 4.79 Å². The summed E-state index contributed by atoms with van der Waals surface area (Å²) in [6, 6.07) is 18.7. The zero-order valence-electron chi connectivity index (χ0n) is 16.5. The van der Waals surface area contributed by atoms with Crippen molar-refractivity contribution in [2.75, 3.05) is 13.2 Å². The Morgan fingerprint density at radius 2 is 1.70 bits per heavy atom. The molecule has 0 spiro atoms. The van der Waals surface area contributed by atoms with E-state index in [2.05, 4.69) is 36.4 Å². The molecule has 144 valence electrons. The Hall–Kier alpha value is -2.49. The van der Waals surface area contributed by atoms with E-state index in [-0.39, 0.29) is 12.1 Å². The van der Waals surface area contributed by atoms with Gasteiger partial charge in [-0.3, -0.25) is 0 Å². The first-order valence-corrected chi connectivity index (χ1v) is 9.66. The van der Waals surface area contributed by atoms with E-state index in [0.29, 0.717) is 6.61 Å². The van der Waals surface area contributed by atoms with Gasteiger partial charge in [-0.2, -0.15) is 0 Å². The monoisotopic (exact) mass is 367 g/mol. The second-order valence-electron chi connectivity index (χ2n) is 8.09. The van der Waals surface area contributed by atoms with Crippen molar-refractivity contribution in [1.82, 2.24) is 4.90 Å². The van der Waals surface area contributed by atoms with Crippen LogP contribution in [0.4, 0.5) is 4.79 Å². The molecule has 1 fully saturated rings. The second-order valence-corrected chi connectivity index (χ2v) is 8.09. The Morgan fingerprint density at radius 3 is 2.37 bits per heavy atom. The highest BCUT2D eigenvalue weighted by Gasteiger charge is 2.32. The zero-order valence-corrected chi connectivity index (χ0v) is 16.5. The number of hydrogen-bond acceptors (Lipinski definition) is 3. The summed E-state index contributed by atoms with van der Waals surface area (Å²) in [5.74, 6) is 0.836. The summed E-state index contributed by atoms with van der Waals surface area (Å²) < 4.78 is 11.5. The Balaban J connectivity index is 1.52. The van der Waals surface area contributed by atoms with Gasteiger partial charge in [0, 0.05) is 6.54 Å². The lowest BCUT2D eigenvalue weighted by Crippen LogP contribution is -2.42. The molecule has 0 bridgehead atoms. The van der Waals surface area contributed by atoms with Gasteiger partial charge in [0.15, 0.2) is 0 Å². The molecule has 2 aromatic carbocycles. The minimum absolute atomic E-state index is 0.0730. The molecule has 1 saturated heterocycles. The predicted molar refractivity (Wildman–Crippen MR) is 107 cm³/mol. The molecule has 1 aliphatic heterocycles. The van der Waals surface area contributed by atoms with Gasteiger partial charge in [-0.25, -0.2) is 4.79 Å². The molecule has 1 aliphatic rings. The van der Waals surface area contributed by atoms with E-state index in [0.717, 1.165) is 31.6 Å². The van der Waals surface area contributed by atoms with Crippen molar-refractivity contribution < 1.29 is 14.3 Å². The summed E-state index contributed by atoms with van der Waals surface area (Å²) in [5.41, 5.74) is 2.08. The standard InChI is InChI=1S/C23H29NO3/c1-23(2,3)27-22(25)24-15-7-10-20(24)17-26-21-13-11-19(12-14-21)16-18-8-5-4-6-9-18/h4-6,8-9,11-14,20H,7,10,15-17H2,1-3H3. The number of hydrogen-bond donors (Lipinski definition) is 0. The van der Waals surface area contributed by atoms with Gasteiger partial charge in [-0.05, 0) is 63.3 Å². The lowest BCUT2D eigenvalue weighted by Gasteiger charge is -2.28. The number of carbonyl (C=O) groups excluding carboxylic acids is 1. The smallest absolute Gasteiger partial charge is 0.410 e. The van der Waals surface area contributed by atoms with Gasteiger partial charge in [-0.15, -0.1) is 0 Å². The van der Waals surface area contributed by atoms with Crippen LogP contribution in [0.15, 0.2) is 54.6 Å². The van der Waals surface area contributed by atoms with Crippen LogP contribution in [0.25, 0.3) is 0 Å². The molecule has 3 rings (SSSR count). The largest absolute Gasteiger partial charge is 0.491 e. The topological polar surface area (TPSA) is 38.8 Å². The molecule has 0 saturated carbocycles. The van der Waals surface area contributed by atoms with E-state index in [1.807, 2.05) is 39.0 Å². The van der Waals surface area contributed by atoms with Gasteiger partial charge < -0.3 is 14.4 Å². The Morgan fingerprint density at radius 1 is 1.04 bits per heavy atom. The normalized spacial score (nSPS) is 17.0. The molecule has 1 amide bonds. The van der Waals surface area contributed by atoms with Crippen molar-refractivity contribution in [2.45, 2.75) is 51.7 Å². The first kappa shape index (κ1) is 19.3. The van der Waals surface area contributed by atoms with E-state index in [4.69, 9.17) is 9.47 Å². The van der Waals surface area contributed by atoms with Gasteiger partial charge in [0.25, 0.3) is 0 Å². The molecular weight excluding hydrogens is 338 g/mol. The third kappa shape index (κ3) is 5.75. The highest BCUT2D eigenvalue weighted by Crippen LogP contribution is 2.22. The molecule has 0 aliphatic carbocycles. The fourth-order valence-corrected chi connectivity index (χ4v) is 3.30. The minimum atomic E-state index is -0.473. The van der Waals surface area contributed by atoms with Crippen LogP contribution >= 0.6 is 0 Å². The first-order chi connectivity index (χ1) is 12.9. The fraction of sp³-hybridized carbons (Fsp3) is 0.435. The number of nitrogens with zero attached hydrogens (tertiary/aromatic N) is 1. The van der Waals surface area contributed by atoms with E-state index >= 15 is 0 Å². The van der Waals surface area contributed by atoms with Gasteiger partial charge in [-0.1, -0.05) is 42.5 Å². The Labute approximate surface area is 162 Å². The van der Waals surface area contributed by atoms with Crippen molar-refractivity contribution in [3.8, 4) is 5.75 Å². The molecule has 1 unspecified atom stereocenters. The van der Waals surface area contributed by atoms with E-state index in [1.165, 1.54) is 11.1 Å². The molecule has 0 radical (unpaired) electrons. The van der Waals surface area contributed by atoms with Crippen molar-refractivity contribution in [3.05, 3.63) is 65.7 Å². The summed E-state index contributed by atoms with van der Waals surface area (Å²) in [5, 5.41) is 0. The Kier molecular flexibility index (Phi) is 6.04. The Bertz CT molecular complexity index is 734. The lowest BCUT2D eigenvalue weighted by atomic mass is 10.1. The minimum Gasteiger partial charge on any atom is -0.491 e. The molecular formula is C23H29NO3. The van der Waals surface area contributed by atoms with Crippen LogP contribution in [-0.4, -0.2) is 35.8 Å². The maximum Gasteiger partial charge on any atom is 0.410 e. The number of ether oxygens (including phenoxy) is 2. The van der Waals surface area contributed by atoms with Gasteiger partial charge in [0.1, 0.15) is 18.0 Å². The lowest BCUT2D eigenvalue weighted by molar-refractivity contribution is 0.0187. The second kappa shape index (κ2) is 8.47. The maximum atomic E-state index is 12.3. The van der Waals surface area contributed by atoms with Crippen LogP contribution in [-0.2, 0) is 11.2 Å². The highest BCUT2D eigenvalue weighted by atomic mass is 16.6. The zero-order chi connectivity index (χ0) is 19.3. The first-order valence-electron chi connectivity index (χ1n) is 9.66. The third-order valence-corrected chi connectivity index (χ3v) is 4.62. The molecule has 27 heavy (non-hydrogen) atoms. The number of likely N-dealkylation sites (tertiary alicyclic amines) is 1. The average Bonchev–Trinajstić information content (AvgIpc) is 3.09.